The van der Waals surface area contributed by atoms with Gasteiger partial charge in [0.1, 0.15) is 0 Å². The van der Waals surface area contributed by atoms with E-state index in [1.54, 1.807) is 0 Å². The van der Waals surface area contributed by atoms with E-state index in [9.17, 15) is 5.11 Å². The third-order valence-electron chi connectivity index (χ3n) is 4.95. The molecule has 0 spiro atoms. The summed E-state index contributed by atoms with van der Waals surface area (Å²) in [6, 6.07) is 0.672. The van der Waals surface area contributed by atoms with Crippen molar-refractivity contribution in [2.24, 2.45) is 0 Å². The van der Waals surface area contributed by atoms with Gasteiger partial charge in [-0.3, -0.25) is 0 Å². The van der Waals surface area contributed by atoms with Gasteiger partial charge in [0.05, 0.1) is 5.60 Å². The van der Waals surface area contributed by atoms with E-state index in [-0.39, 0.29) is 5.60 Å². The van der Waals surface area contributed by atoms with Crippen LogP contribution in [0.4, 0.5) is 0 Å². The second-order valence-electron chi connectivity index (χ2n) is 6.53. The second kappa shape index (κ2) is 6.91. The summed E-state index contributed by atoms with van der Waals surface area (Å²) in [7, 11) is 0. The zero-order valence-corrected chi connectivity index (χ0v) is 12.2. The van der Waals surface area contributed by atoms with Gasteiger partial charge in [0.2, 0.25) is 0 Å². The first-order valence-electron chi connectivity index (χ1n) is 8.20. The van der Waals surface area contributed by atoms with Crippen LogP contribution in [-0.2, 0) is 0 Å². The SMILES string of the molecule is CCCCC[C@@]1(O)CCC[C@H](N2CCCCC2)C1. The monoisotopic (exact) mass is 253 g/mol. The maximum atomic E-state index is 10.8. The first kappa shape index (κ1) is 14.3. The highest BCUT2D eigenvalue weighted by Gasteiger charge is 2.36. The van der Waals surface area contributed by atoms with Crippen molar-refractivity contribution in [2.45, 2.75) is 89.2 Å². The Morgan fingerprint density at radius 2 is 1.89 bits per heavy atom. The molecule has 2 aliphatic rings. The predicted molar refractivity (Wildman–Crippen MR) is 76.8 cm³/mol. The number of hydrogen-bond acceptors (Lipinski definition) is 2. The average molecular weight is 253 g/mol. The minimum Gasteiger partial charge on any atom is -0.390 e. The third kappa shape index (κ3) is 3.96. The van der Waals surface area contributed by atoms with Crippen LogP contribution in [0.15, 0.2) is 0 Å². The fourth-order valence-electron chi connectivity index (χ4n) is 3.84. The van der Waals surface area contributed by atoms with Crippen molar-refractivity contribution >= 4 is 0 Å². The van der Waals surface area contributed by atoms with Crippen LogP contribution in [0.2, 0.25) is 0 Å². The molecule has 0 aromatic heterocycles. The lowest BCUT2D eigenvalue weighted by Crippen LogP contribution is -2.47. The van der Waals surface area contributed by atoms with Gasteiger partial charge in [-0.2, -0.15) is 0 Å². The lowest BCUT2D eigenvalue weighted by Gasteiger charge is -2.43. The van der Waals surface area contributed by atoms with Crippen molar-refractivity contribution in [2.75, 3.05) is 13.1 Å². The minimum atomic E-state index is -0.338. The normalized spacial score (nSPS) is 34.7. The molecule has 1 saturated carbocycles. The van der Waals surface area contributed by atoms with Crippen LogP contribution in [0.3, 0.4) is 0 Å². The molecule has 0 aromatic carbocycles. The molecule has 1 aliphatic carbocycles. The van der Waals surface area contributed by atoms with Crippen molar-refractivity contribution in [3.8, 4) is 0 Å². The van der Waals surface area contributed by atoms with Crippen LogP contribution in [0, 0.1) is 0 Å². The van der Waals surface area contributed by atoms with Crippen LogP contribution < -0.4 is 0 Å². The van der Waals surface area contributed by atoms with Gasteiger partial charge < -0.3 is 10.0 Å². The van der Waals surface area contributed by atoms with Gasteiger partial charge >= 0.3 is 0 Å². The van der Waals surface area contributed by atoms with Crippen LogP contribution in [0.1, 0.15) is 77.6 Å². The molecule has 18 heavy (non-hydrogen) atoms. The molecule has 2 heteroatoms. The Morgan fingerprint density at radius 3 is 2.61 bits per heavy atom. The van der Waals surface area contributed by atoms with Gasteiger partial charge in [-0.25, -0.2) is 0 Å². The average Bonchev–Trinajstić information content (AvgIpc) is 2.40. The smallest absolute Gasteiger partial charge is 0.0662 e. The fourth-order valence-corrected chi connectivity index (χ4v) is 3.84. The lowest BCUT2D eigenvalue weighted by atomic mass is 9.78. The number of rotatable bonds is 5. The van der Waals surface area contributed by atoms with E-state index in [1.807, 2.05) is 0 Å². The molecular weight excluding hydrogens is 222 g/mol. The molecule has 2 nitrogen and oxygen atoms in total. The Balaban J connectivity index is 1.82. The Labute approximate surface area is 113 Å². The largest absolute Gasteiger partial charge is 0.390 e. The molecule has 0 bridgehead atoms. The van der Waals surface area contributed by atoms with Gasteiger partial charge in [-0.1, -0.05) is 32.6 Å². The highest BCUT2D eigenvalue weighted by Crippen LogP contribution is 2.35. The molecule has 1 saturated heterocycles. The van der Waals surface area contributed by atoms with Gasteiger partial charge in [0.15, 0.2) is 0 Å². The lowest BCUT2D eigenvalue weighted by molar-refractivity contribution is -0.0412. The molecule has 0 radical (unpaired) electrons. The minimum absolute atomic E-state index is 0.338. The van der Waals surface area contributed by atoms with Gasteiger partial charge in [0.25, 0.3) is 0 Å². The van der Waals surface area contributed by atoms with E-state index >= 15 is 0 Å². The Hall–Kier alpha value is -0.0800. The Morgan fingerprint density at radius 1 is 1.11 bits per heavy atom. The number of nitrogens with zero attached hydrogens (tertiary/aromatic N) is 1. The van der Waals surface area contributed by atoms with E-state index in [1.165, 1.54) is 64.5 Å². The summed E-state index contributed by atoms with van der Waals surface area (Å²) >= 11 is 0. The molecule has 0 amide bonds. The summed E-state index contributed by atoms with van der Waals surface area (Å²) in [6.45, 7) is 4.78. The first-order chi connectivity index (χ1) is 8.73. The summed E-state index contributed by atoms with van der Waals surface area (Å²) < 4.78 is 0. The number of unbranched alkanes of at least 4 members (excludes halogenated alkanes) is 2. The predicted octanol–water partition coefficient (Wildman–Crippen LogP) is 3.73. The summed E-state index contributed by atoms with van der Waals surface area (Å²) in [5.41, 5.74) is -0.338. The molecule has 106 valence electrons. The summed E-state index contributed by atoms with van der Waals surface area (Å²) in [5, 5.41) is 10.8. The maximum Gasteiger partial charge on any atom is 0.0662 e. The molecule has 2 atom stereocenters. The van der Waals surface area contributed by atoms with Crippen LogP contribution in [-0.4, -0.2) is 34.7 Å². The van der Waals surface area contributed by atoms with Crippen LogP contribution in [0.25, 0.3) is 0 Å². The number of piperidine rings is 1. The molecule has 2 fully saturated rings. The Kier molecular flexibility index (Phi) is 5.50. The number of likely N-dealkylation sites (tertiary alicyclic amines) is 1. The molecule has 1 aliphatic heterocycles. The molecule has 1 N–H and O–H groups in total. The van der Waals surface area contributed by atoms with Crippen molar-refractivity contribution in [1.29, 1.82) is 0 Å². The fraction of sp³-hybridized carbons (Fsp3) is 1.00. The zero-order chi connectivity index (χ0) is 12.8. The van der Waals surface area contributed by atoms with Gasteiger partial charge in [-0.15, -0.1) is 0 Å². The quantitative estimate of drug-likeness (QED) is 0.755. The van der Waals surface area contributed by atoms with Crippen LogP contribution >= 0.6 is 0 Å². The third-order valence-corrected chi connectivity index (χ3v) is 4.95. The second-order valence-corrected chi connectivity index (χ2v) is 6.53. The highest BCUT2D eigenvalue weighted by atomic mass is 16.3. The number of aliphatic hydroxyl groups is 1. The van der Waals surface area contributed by atoms with Crippen molar-refractivity contribution in [3.63, 3.8) is 0 Å². The van der Waals surface area contributed by atoms with E-state index in [0.29, 0.717) is 6.04 Å². The van der Waals surface area contributed by atoms with Crippen molar-refractivity contribution < 1.29 is 5.11 Å². The highest BCUT2D eigenvalue weighted by molar-refractivity contribution is 4.91. The summed E-state index contributed by atoms with van der Waals surface area (Å²) in [5.74, 6) is 0. The molecule has 1 heterocycles. The molecule has 0 aromatic rings. The topological polar surface area (TPSA) is 23.5 Å². The van der Waals surface area contributed by atoms with E-state index in [0.717, 1.165) is 19.3 Å². The van der Waals surface area contributed by atoms with Gasteiger partial charge in [-0.05, 0) is 58.0 Å². The Bertz CT molecular complexity index is 237. The molecule has 2 rings (SSSR count). The first-order valence-corrected chi connectivity index (χ1v) is 8.20. The van der Waals surface area contributed by atoms with E-state index < -0.39 is 0 Å². The summed E-state index contributed by atoms with van der Waals surface area (Å²) in [4.78, 5) is 2.66. The van der Waals surface area contributed by atoms with Crippen molar-refractivity contribution in [1.82, 2.24) is 4.90 Å². The van der Waals surface area contributed by atoms with E-state index in [2.05, 4.69) is 11.8 Å². The standard InChI is InChI=1S/C16H31NO/c1-2-3-5-10-16(18)11-8-9-15(14-16)17-12-6-4-7-13-17/h15,18H,2-14H2,1H3/t15-,16+/m0/s1. The molecule has 0 unspecified atom stereocenters. The van der Waals surface area contributed by atoms with E-state index in [4.69, 9.17) is 0 Å². The van der Waals surface area contributed by atoms with Gasteiger partial charge in [0, 0.05) is 6.04 Å². The van der Waals surface area contributed by atoms with Crippen molar-refractivity contribution in [3.05, 3.63) is 0 Å². The summed E-state index contributed by atoms with van der Waals surface area (Å²) in [6.07, 6.45) is 13.5. The maximum absolute atomic E-state index is 10.8. The molecular formula is C16H31NO. The number of hydrogen-bond donors (Lipinski definition) is 1. The zero-order valence-electron chi connectivity index (χ0n) is 12.2. The van der Waals surface area contributed by atoms with Crippen LogP contribution in [0.5, 0.6) is 0 Å².